The molecule has 0 bridgehead atoms. The summed E-state index contributed by atoms with van der Waals surface area (Å²) in [6.45, 7) is 7.88. The van der Waals surface area contributed by atoms with Gasteiger partial charge in [0.15, 0.2) is 0 Å². The van der Waals surface area contributed by atoms with Gasteiger partial charge in [0.2, 0.25) is 0 Å². The number of rotatable bonds is 5. The second kappa shape index (κ2) is 7.20. The lowest BCUT2D eigenvalue weighted by Crippen LogP contribution is -2.47. The van der Waals surface area contributed by atoms with Gasteiger partial charge in [0.1, 0.15) is 5.15 Å². The van der Waals surface area contributed by atoms with E-state index in [0.717, 1.165) is 39.3 Å². The van der Waals surface area contributed by atoms with Gasteiger partial charge in [0.25, 0.3) is 0 Å². The van der Waals surface area contributed by atoms with Crippen molar-refractivity contribution in [3.63, 3.8) is 0 Å². The molecule has 1 aliphatic heterocycles. The summed E-state index contributed by atoms with van der Waals surface area (Å²) < 4.78 is 0. The minimum atomic E-state index is 0.567. The molecular weight excluding hydrogens is 260 g/mol. The average molecular weight is 283 g/mol. The first-order chi connectivity index (χ1) is 9.13. The number of piperazine rings is 1. The van der Waals surface area contributed by atoms with Crippen molar-refractivity contribution in [1.29, 1.82) is 0 Å². The number of hydrogen-bond acceptors (Lipinski definition) is 4. The van der Waals surface area contributed by atoms with Gasteiger partial charge in [0.05, 0.1) is 0 Å². The third-order valence-corrected chi connectivity index (χ3v) is 3.75. The van der Waals surface area contributed by atoms with E-state index in [2.05, 4.69) is 39.8 Å². The van der Waals surface area contributed by atoms with Gasteiger partial charge in [-0.1, -0.05) is 17.7 Å². The first kappa shape index (κ1) is 14.7. The largest absolute Gasteiger partial charge is 0.308 e. The van der Waals surface area contributed by atoms with Crippen molar-refractivity contribution in [1.82, 2.24) is 19.7 Å². The van der Waals surface area contributed by atoms with E-state index < -0.39 is 0 Å². The Kier molecular flexibility index (Phi) is 5.58. The Hall–Kier alpha value is -0.680. The van der Waals surface area contributed by atoms with Crippen LogP contribution in [0.5, 0.6) is 0 Å². The Labute approximate surface area is 121 Å². The van der Waals surface area contributed by atoms with Crippen LogP contribution in [0.15, 0.2) is 18.3 Å². The van der Waals surface area contributed by atoms with Crippen LogP contribution in [0.2, 0.25) is 5.15 Å². The number of aromatic nitrogens is 1. The molecule has 19 heavy (non-hydrogen) atoms. The molecule has 1 fully saturated rings. The summed E-state index contributed by atoms with van der Waals surface area (Å²) in [6, 6.07) is 3.93. The summed E-state index contributed by atoms with van der Waals surface area (Å²) in [5, 5.41) is 0.567. The second-order valence-electron chi connectivity index (χ2n) is 5.41. The molecule has 0 atom stereocenters. The SMILES string of the molecule is CN(C)CCN1CCN(Cc2ccc(Cl)nc2)CC1. The molecular formula is C14H23ClN4. The minimum Gasteiger partial charge on any atom is -0.308 e. The molecule has 0 amide bonds. The first-order valence-electron chi connectivity index (χ1n) is 6.83. The highest BCUT2D eigenvalue weighted by Gasteiger charge is 2.16. The first-order valence-corrected chi connectivity index (χ1v) is 7.21. The standard InChI is InChI=1S/C14H23ClN4/c1-17(2)5-6-18-7-9-19(10-8-18)12-13-3-4-14(15)16-11-13/h3-4,11H,5-10,12H2,1-2H3. The highest BCUT2D eigenvalue weighted by molar-refractivity contribution is 6.29. The highest BCUT2D eigenvalue weighted by Crippen LogP contribution is 2.10. The van der Waals surface area contributed by atoms with Crippen LogP contribution in [0.25, 0.3) is 0 Å². The van der Waals surface area contributed by atoms with Crippen LogP contribution in [0.3, 0.4) is 0 Å². The molecule has 0 saturated carbocycles. The number of pyridine rings is 1. The van der Waals surface area contributed by atoms with Crippen molar-refractivity contribution >= 4 is 11.6 Å². The van der Waals surface area contributed by atoms with Crippen molar-refractivity contribution in [2.24, 2.45) is 0 Å². The molecule has 0 radical (unpaired) electrons. The maximum atomic E-state index is 5.80. The van der Waals surface area contributed by atoms with Crippen LogP contribution in [0, 0.1) is 0 Å². The zero-order chi connectivity index (χ0) is 13.7. The molecule has 1 aromatic heterocycles. The van der Waals surface area contributed by atoms with Gasteiger partial charge < -0.3 is 4.90 Å². The third-order valence-electron chi connectivity index (χ3n) is 3.52. The summed E-state index contributed by atoms with van der Waals surface area (Å²) in [5.41, 5.74) is 1.24. The lowest BCUT2D eigenvalue weighted by molar-refractivity contribution is 0.120. The molecule has 4 nitrogen and oxygen atoms in total. The Bertz CT molecular complexity index is 372. The number of likely N-dealkylation sites (N-methyl/N-ethyl adjacent to an activating group) is 1. The van der Waals surface area contributed by atoms with E-state index in [4.69, 9.17) is 11.6 Å². The van der Waals surface area contributed by atoms with Crippen LogP contribution in [0.4, 0.5) is 0 Å². The molecule has 0 aromatic carbocycles. The van der Waals surface area contributed by atoms with E-state index in [1.165, 1.54) is 12.1 Å². The van der Waals surface area contributed by atoms with Crippen molar-refractivity contribution in [2.75, 3.05) is 53.4 Å². The van der Waals surface area contributed by atoms with Crippen molar-refractivity contribution in [3.05, 3.63) is 29.0 Å². The van der Waals surface area contributed by atoms with E-state index in [9.17, 15) is 0 Å². The van der Waals surface area contributed by atoms with Gasteiger partial charge in [-0.25, -0.2) is 4.98 Å². The predicted molar refractivity (Wildman–Crippen MR) is 79.5 cm³/mol. The van der Waals surface area contributed by atoms with Crippen molar-refractivity contribution in [3.8, 4) is 0 Å². The average Bonchev–Trinajstić information content (AvgIpc) is 2.40. The fourth-order valence-corrected chi connectivity index (χ4v) is 2.38. The normalized spacial score (nSPS) is 18.1. The van der Waals surface area contributed by atoms with E-state index in [1.807, 2.05) is 12.3 Å². The predicted octanol–water partition coefficient (Wildman–Crippen LogP) is 1.41. The zero-order valence-electron chi connectivity index (χ0n) is 11.8. The van der Waals surface area contributed by atoms with Gasteiger partial charge in [-0.2, -0.15) is 0 Å². The van der Waals surface area contributed by atoms with Crippen LogP contribution in [0.1, 0.15) is 5.56 Å². The summed E-state index contributed by atoms with van der Waals surface area (Å²) in [7, 11) is 4.26. The molecule has 1 aromatic rings. The fourth-order valence-electron chi connectivity index (χ4n) is 2.27. The van der Waals surface area contributed by atoms with Crippen molar-refractivity contribution < 1.29 is 0 Å². The van der Waals surface area contributed by atoms with Gasteiger partial charge in [-0.3, -0.25) is 9.80 Å². The summed E-state index contributed by atoms with van der Waals surface area (Å²) in [5.74, 6) is 0. The van der Waals surface area contributed by atoms with Gasteiger partial charge in [-0.15, -0.1) is 0 Å². The number of halogens is 1. The molecule has 0 unspecified atom stereocenters. The number of hydrogen-bond donors (Lipinski definition) is 0. The molecule has 5 heteroatoms. The molecule has 1 saturated heterocycles. The quantitative estimate of drug-likeness (QED) is 0.762. The topological polar surface area (TPSA) is 22.6 Å². The molecule has 0 aliphatic carbocycles. The van der Waals surface area contributed by atoms with E-state index >= 15 is 0 Å². The monoisotopic (exact) mass is 282 g/mol. The molecule has 2 rings (SSSR count). The van der Waals surface area contributed by atoms with Gasteiger partial charge in [0, 0.05) is 52.0 Å². The fraction of sp³-hybridized carbons (Fsp3) is 0.643. The second-order valence-corrected chi connectivity index (χ2v) is 5.80. The van der Waals surface area contributed by atoms with E-state index in [-0.39, 0.29) is 0 Å². The molecule has 1 aliphatic rings. The Balaban J connectivity index is 1.72. The summed E-state index contributed by atoms with van der Waals surface area (Å²) >= 11 is 5.80. The third kappa shape index (κ3) is 5.07. The molecule has 106 valence electrons. The van der Waals surface area contributed by atoms with Crippen LogP contribution in [-0.4, -0.2) is 73.0 Å². The summed E-state index contributed by atoms with van der Waals surface area (Å²) in [6.07, 6.45) is 1.88. The maximum absolute atomic E-state index is 5.80. The summed E-state index contributed by atoms with van der Waals surface area (Å²) in [4.78, 5) is 11.4. The Morgan fingerprint density at radius 1 is 1.16 bits per heavy atom. The van der Waals surface area contributed by atoms with E-state index in [0.29, 0.717) is 5.15 Å². The zero-order valence-corrected chi connectivity index (χ0v) is 12.6. The maximum Gasteiger partial charge on any atom is 0.129 e. The van der Waals surface area contributed by atoms with Crippen molar-refractivity contribution in [2.45, 2.75) is 6.54 Å². The highest BCUT2D eigenvalue weighted by atomic mass is 35.5. The molecule has 0 N–H and O–H groups in total. The lowest BCUT2D eigenvalue weighted by atomic mass is 10.2. The smallest absolute Gasteiger partial charge is 0.129 e. The number of nitrogens with zero attached hydrogens (tertiary/aromatic N) is 4. The van der Waals surface area contributed by atoms with Gasteiger partial charge in [-0.05, 0) is 25.7 Å². The lowest BCUT2D eigenvalue weighted by Gasteiger charge is -2.35. The van der Waals surface area contributed by atoms with Crippen LogP contribution in [-0.2, 0) is 6.54 Å². The molecule has 0 spiro atoms. The van der Waals surface area contributed by atoms with Crippen LogP contribution < -0.4 is 0 Å². The van der Waals surface area contributed by atoms with E-state index in [1.54, 1.807) is 0 Å². The Morgan fingerprint density at radius 3 is 2.42 bits per heavy atom. The van der Waals surface area contributed by atoms with Crippen LogP contribution >= 0.6 is 11.6 Å². The Morgan fingerprint density at radius 2 is 1.84 bits per heavy atom. The minimum absolute atomic E-state index is 0.567. The molecule has 2 heterocycles. The van der Waals surface area contributed by atoms with Gasteiger partial charge >= 0.3 is 0 Å².